The van der Waals surface area contributed by atoms with Crippen molar-refractivity contribution in [2.75, 3.05) is 13.2 Å². The Morgan fingerprint density at radius 2 is 2.62 bits per heavy atom. The molecular formula is C6H11NO. The third-order valence-corrected chi connectivity index (χ3v) is 1.13. The minimum Gasteiger partial charge on any atom is -0.373 e. The van der Waals surface area contributed by atoms with Gasteiger partial charge in [0.2, 0.25) is 0 Å². The molecule has 1 aliphatic heterocycles. The first-order valence-electron chi connectivity index (χ1n) is 3.01. The monoisotopic (exact) mass is 113 g/mol. The van der Waals surface area contributed by atoms with Crippen molar-refractivity contribution in [2.24, 2.45) is 4.99 Å². The molecule has 0 amide bonds. The molecule has 46 valence electrons. The number of hydrogen-bond donors (Lipinski definition) is 0. The molecule has 0 aromatic heterocycles. The van der Waals surface area contributed by atoms with Gasteiger partial charge in [0, 0.05) is 19.4 Å². The fraction of sp³-hybridized carbons (Fsp3) is 0.833. The quantitative estimate of drug-likeness (QED) is 0.456. The highest BCUT2D eigenvalue weighted by molar-refractivity contribution is 5.62. The van der Waals surface area contributed by atoms with Gasteiger partial charge in [0.1, 0.15) is 0 Å². The van der Waals surface area contributed by atoms with Crippen molar-refractivity contribution in [3.8, 4) is 0 Å². The SMILES string of the molecule is CC1C=NCCCO1. The van der Waals surface area contributed by atoms with Gasteiger partial charge < -0.3 is 4.74 Å². The molecule has 1 unspecified atom stereocenters. The van der Waals surface area contributed by atoms with Crippen LogP contribution in [0.3, 0.4) is 0 Å². The first-order chi connectivity index (χ1) is 3.89. The lowest BCUT2D eigenvalue weighted by Crippen LogP contribution is -2.07. The van der Waals surface area contributed by atoms with E-state index in [1.807, 2.05) is 13.1 Å². The lowest BCUT2D eigenvalue weighted by Gasteiger charge is -2.01. The van der Waals surface area contributed by atoms with E-state index in [9.17, 15) is 0 Å². The summed E-state index contributed by atoms with van der Waals surface area (Å²) in [6.45, 7) is 3.81. The van der Waals surface area contributed by atoms with Crippen LogP contribution in [0.5, 0.6) is 0 Å². The topological polar surface area (TPSA) is 21.6 Å². The van der Waals surface area contributed by atoms with Crippen LogP contribution in [0.25, 0.3) is 0 Å². The fourth-order valence-corrected chi connectivity index (χ4v) is 0.691. The lowest BCUT2D eigenvalue weighted by atomic mass is 10.4. The molecule has 0 aliphatic carbocycles. The standard InChI is InChI=1S/C6H11NO/c1-6-5-7-3-2-4-8-6/h5-6H,2-4H2,1H3. The van der Waals surface area contributed by atoms with Crippen LogP contribution >= 0.6 is 0 Å². The van der Waals surface area contributed by atoms with Crippen LogP contribution in [0.1, 0.15) is 13.3 Å². The Labute approximate surface area is 49.6 Å². The highest BCUT2D eigenvalue weighted by Gasteiger charge is 1.99. The summed E-state index contributed by atoms with van der Waals surface area (Å²) in [6.07, 6.45) is 3.17. The van der Waals surface area contributed by atoms with Crippen molar-refractivity contribution in [3.63, 3.8) is 0 Å². The van der Waals surface area contributed by atoms with Gasteiger partial charge in [-0.3, -0.25) is 4.99 Å². The van der Waals surface area contributed by atoms with Crippen molar-refractivity contribution in [3.05, 3.63) is 0 Å². The van der Waals surface area contributed by atoms with Crippen LogP contribution < -0.4 is 0 Å². The summed E-state index contributed by atoms with van der Waals surface area (Å²) >= 11 is 0. The van der Waals surface area contributed by atoms with Crippen LogP contribution in [-0.2, 0) is 4.74 Å². The Morgan fingerprint density at radius 1 is 1.75 bits per heavy atom. The molecule has 2 nitrogen and oxygen atoms in total. The van der Waals surface area contributed by atoms with Gasteiger partial charge in [-0.05, 0) is 13.3 Å². The van der Waals surface area contributed by atoms with E-state index in [2.05, 4.69) is 4.99 Å². The lowest BCUT2D eigenvalue weighted by molar-refractivity contribution is 0.116. The van der Waals surface area contributed by atoms with Crippen LogP contribution in [-0.4, -0.2) is 25.5 Å². The first-order valence-corrected chi connectivity index (χ1v) is 3.01. The van der Waals surface area contributed by atoms with Gasteiger partial charge in [0.15, 0.2) is 0 Å². The molecule has 1 aliphatic rings. The Balaban J connectivity index is 2.33. The van der Waals surface area contributed by atoms with E-state index < -0.39 is 0 Å². The maximum atomic E-state index is 5.25. The molecule has 2 heteroatoms. The van der Waals surface area contributed by atoms with Gasteiger partial charge in [-0.15, -0.1) is 0 Å². The Kier molecular flexibility index (Phi) is 2.03. The van der Waals surface area contributed by atoms with Gasteiger partial charge in [0.25, 0.3) is 0 Å². The van der Waals surface area contributed by atoms with Crippen molar-refractivity contribution in [1.29, 1.82) is 0 Å². The van der Waals surface area contributed by atoms with Gasteiger partial charge in [-0.25, -0.2) is 0 Å². The van der Waals surface area contributed by atoms with Crippen molar-refractivity contribution >= 4 is 6.21 Å². The maximum Gasteiger partial charge on any atom is 0.0893 e. The van der Waals surface area contributed by atoms with Crippen LogP contribution in [0.15, 0.2) is 4.99 Å². The van der Waals surface area contributed by atoms with E-state index in [0.717, 1.165) is 19.6 Å². The highest BCUT2D eigenvalue weighted by atomic mass is 16.5. The molecular weight excluding hydrogens is 102 g/mol. The predicted octanol–water partition coefficient (Wildman–Crippen LogP) is 0.866. The molecule has 0 N–H and O–H groups in total. The Morgan fingerprint density at radius 3 is 3.50 bits per heavy atom. The third kappa shape index (κ3) is 1.62. The molecule has 0 bridgehead atoms. The van der Waals surface area contributed by atoms with Gasteiger partial charge >= 0.3 is 0 Å². The van der Waals surface area contributed by atoms with Crippen molar-refractivity contribution < 1.29 is 4.74 Å². The summed E-state index contributed by atoms with van der Waals surface area (Å²) in [7, 11) is 0. The second-order valence-corrected chi connectivity index (χ2v) is 1.98. The van der Waals surface area contributed by atoms with Crippen molar-refractivity contribution in [2.45, 2.75) is 19.4 Å². The van der Waals surface area contributed by atoms with Crippen molar-refractivity contribution in [1.82, 2.24) is 0 Å². The number of rotatable bonds is 0. The number of hydrogen-bond acceptors (Lipinski definition) is 2. The Bertz CT molecular complexity index is 90.5. The normalized spacial score (nSPS) is 29.9. The molecule has 8 heavy (non-hydrogen) atoms. The molecule has 0 saturated carbocycles. The summed E-state index contributed by atoms with van der Waals surface area (Å²) in [5, 5.41) is 0. The second kappa shape index (κ2) is 2.82. The van der Waals surface area contributed by atoms with E-state index in [-0.39, 0.29) is 6.10 Å². The summed E-state index contributed by atoms with van der Waals surface area (Å²) in [4.78, 5) is 4.10. The molecule has 0 fully saturated rings. The van der Waals surface area contributed by atoms with Gasteiger partial charge in [-0.1, -0.05) is 0 Å². The molecule has 0 spiro atoms. The molecule has 0 aromatic rings. The summed E-state index contributed by atoms with van der Waals surface area (Å²) in [6, 6.07) is 0. The minimum atomic E-state index is 0.234. The van der Waals surface area contributed by atoms with E-state index in [0.29, 0.717) is 0 Å². The Hall–Kier alpha value is -0.370. The van der Waals surface area contributed by atoms with E-state index in [1.54, 1.807) is 0 Å². The molecule has 1 heterocycles. The van der Waals surface area contributed by atoms with Crippen LogP contribution in [0.4, 0.5) is 0 Å². The molecule has 0 saturated heterocycles. The smallest absolute Gasteiger partial charge is 0.0893 e. The number of aliphatic imine (C=N–C) groups is 1. The largest absolute Gasteiger partial charge is 0.373 e. The zero-order valence-electron chi connectivity index (χ0n) is 5.13. The zero-order valence-corrected chi connectivity index (χ0v) is 5.13. The predicted molar refractivity (Wildman–Crippen MR) is 33.4 cm³/mol. The van der Waals surface area contributed by atoms with Gasteiger partial charge in [0.05, 0.1) is 6.10 Å². The summed E-state index contributed by atoms with van der Waals surface area (Å²) < 4.78 is 5.25. The first kappa shape index (κ1) is 5.76. The highest BCUT2D eigenvalue weighted by Crippen LogP contribution is 1.94. The fourth-order valence-electron chi connectivity index (χ4n) is 0.691. The van der Waals surface area contributed by atoms with E-state index in [1.165, 1.54) is 0 Å². The molecule has 1 rings (SSSR count). The zero-order chi connectivity index (χ0) is 5.82. The number of ether oxygens (including phenoxy) is 1. The van der Waals surface area contributed by atoms with Crippen LogP contribution in [0, 0.1) is 0 Å². The molecule has 1 atom stereocenters. The van der Waals surface area contributed by atoms with Crippen LogP contribution in [0.2, 0.25) is 0 Å². The second-order valence-electron chi connectivity index (χ2n) is 1.98. The molecule has 0 radical (unpaired) electrons. The average molecular weight is 113 g/mol. The maximum absolute atomic E-state index is 5.25. The average Bonchev–Trinajstić information content (AvgIpc) is 1.94. The van der Waals surface area contributed by atoms with E-state index in [4.69, 9.17) is 4.74 Å². The third-order valence-electron chi connectivity index (χ3n) is 1.13. The summed E-state index contributed by atoms with van der Waals surface area (Å²) in [5.41, 5.74) is 0. The minimum absolute atomic E-state index is 0.234. The van der Waals surface area contributed by atoms with E-state index >= 15 is 0 Å². The number of nitrogens with zero attached hydrogens (tertiary/aromatic N) is 1. The molecule has 0 aromatic carbocycles. The van der Waals surface area contributed by atoms with Gasteiger partial charge in [-0.2, -0.15) is 0 Å². The summed E-state index contributed by atoms with van der Waals surface area (Å²) in [5.74, 6) is 0.